The lowest BCUT2D eigenvalue weighted by Crippen LogP contribution is -2.18. The maximum Gasteiger partial charge on any atom is 0.231 e. The minimum Gasteiger partial charge on any atom is -0.493 e. The molecule has 0 radical (unpaired) electrons. The summed E-state index contributed by atoms with van der Waals surface area (Å²) in [6.45, 7) is 0.426. The number of ether oxygens (including phenoxy) is 2. The molecule has 0 spiro atoms. The molecular weight excluding hydrogens is 354 g/mol. The van der Waals surface area contributed by atoms with Crippen LogP contribution < -0.4 is 14.2 Å². The van der Waals surface area contributed by atoms with Gasteiger partial charge in [0, 0.05) is 23.6 Å². The van der Waals surface area contributed by atoms with Crippen LogP contribution in [0.3, 0.4) is 0 Å². The van der Waals surface area contributed by atoms with Crippen LogP contribution in [0.4, 0.5) is 0 Å². The second kappa shape index (κ2) is 8.22. The van der Waals surface area contributed by atoms with Crippen molar-refractivity contribution >= 4 is 22.2 Å². The minimum absolute atomic E-state index is 0.426. The molecule has 2 N–H and O–H groups in total. The Kier molecular flexibility index (Phi) is 5.77. The lowest BCUT2D eigenvalue weighted by molar-refractivity contribution is 0.356. The first-order valence-corrected chi connectivity index (χ1v) is 9.03. The molecule has 0 saturated heterocycles. The Balaban J connectivity index is 1.93. The Morgan fingerprint density at radius 1 is 1.08 bits per heavy atom. The number of nitrogens with one attached hydrogen (secondary N) is 1. The van der Waals surface area contributed by atoms with E-state index >= 15 is 0 Å². The van der Waals surface area contributed by atoms with E-state index in [1.54, 1.807) is 14.2 Å². The molecule has 0 amide bonds. The summed E-state index contributed by atoms with van der Waals surface area (Å²) >= 11 is -1.98. The zero-order chi connectivity index (χ0) is 18.5. The highest BCUT2D eigenvalue weighted by Gasteiger charge is 2.12. The molecule has 1 atom stereocenters. The van der Waals surface area contributed by atoms with Crippen molar-refractivity contribution < 1.29 is 18.2 Å². The van der Waals surface area contributed by atoms with E-state index in [-0.39, 0.29) is 0 Å². The van der Waals surface area contributed by atoms with Gasteiger partial charge in [0.05, 0.1) is 25.4 Å². The topological polar surface area (TPSA) is 93.6 Å². The molecule has 3 aromatic rings. The van der Waals surface area contributed by atoms with Crippen LogP contribution in [0.25, 0.3) is 22.2 Å². The van der Waals surface area contributed by atoms with Crippen LogP contribution >= 0.6 is 0 Å². The average molecular weight is 373 g/mol. The zero-order valence-electron chi connectivity index (χ0n) is 14.4. The van der Waals surface area contributed by atoms with Crippen LogP contribution in [-0.4, -0.2) is 39.5 Å². The van der Waals surface area contributed by atoms with E-state index < -0.39 is 11.3 Å². The number of methoxy groups -OCH3 is 2. The summed E-state index contributed by atoms with van der Waals surface area (Å²) in [6, 6.07) is 11.6. The summed E-state index contributed by atoms with van der Waals surface area (Å²) in [6.07, 6.45) is 2.18. The molecule has 7 nitrogen and oxygen atoms in total. The normalized spacial score (nSPS) is 12.1. The van der Waals surface area contributed by atoms with Crippen LogP contribution in [0.5, 0.6) is 11.5 Å². The van der Waals surface area contributed by atoms with Crippen molar-refractivity contribution in [2.24, 2.45) is 0 Å². The SMILES string of the molecule is COc1cc2ncnc(-c3ccc(CCNS(=O)O)cc3)c2cc1OC. The Morgan fingerprint density at radius 2 is 1.77 bits per heavy atom. The number of rotatable bonds is 7. The number of hydrogen-bond donors (Lipinski definition) is 2. The predicted octanol–water partition coefficient (Wildman–Crippen LogP) is 2.58. The quantitative estimate of drug-likeness (QED) is 0.618. The Labute approximate surface area is 153 Å². The molecule has 3 rings (SSSR count). The van der Waals surface area contributed by atoms with E-state index in [0.29, 0.717) is 24.5 Å². The second-order valence-electron chi connectivity index (χ2n) is 5.54. The molecule has 2 aromatic carbocycles. The first-order chi connectivity index (χ1) is 12.6. The molecule has 136 valence electrons. The van der Waals surface area contributed by atoms with Gasteiger partial charge < -0.3 is 9.47 Å². The van der Waals surface area contributed by atoms with Crippen LogP contribution in [-0.2, 0) is 17.7 Å². The van der Waals surface area contributed by atoms with Gasteiger partial charge >= 0.3 is 0 Å². The third kappa shape index (κ3) is 3.98. The van der Waals surface area contributed by atoms with Gasteiger partial charge in [-0.1, -0.05) is 24.3 Å². The van der Waals surface area contributed by atoms with Gasteiger partial charge in [-0.3, -0.25) is 4.55 Å². The molecule has 0 aliphatic heterocycles. The van der Waals surface area contributed by atoms with Crippen LogP contribution in [0, 0.1) is 0 Å². The van der Waals surface area contributed by atoms with Crippen molar-refractivity contribution in [3.05, 3.63) is 48.3 Å². The fourth-order valence-corrected chi connectivity index (χ4v) is 3.00. The number of fused-ring (bicyclic) bond motifs is 1. The molecular formula is C18H19N3O4S. The van der Waals surface area contributed by atoms with Crippen molar-refractivity contribution in [1.29, 1.82) is 0 Å². The first kappa shape index (κ1) is 18.2. The fraction of sp³-hybridized carbons (Fsp3) is 0.222. The molecule has 1 aromatic heterocycles. The van der Waals surface area contributed by atoms with Crippen molar-refractivity contribution in [1.82, 2.24) is 14.7 Å². The summed E-state index contributed by atoms with van der Waals surface area (Å²) in [7, 11) is 3.18. The van der Waals surface area contributed by atoms with Gasteiger partial charge in [0.1, 0.15) is 6.33 Å². The highest BCUT2D eigenvalue weighted by molar-refractivity contribution is 7.77. The van der Waals surface area contributed by atoms with Crippen LogP contribution in [0.15, 0.2) is 42.7 Å². The number of benzene rings is 2. The number of aromatic nitrogens is 2. The molecule has 0 fully saturated rings. The lowest BCUT2D eigenvalue weighted by Gasteiger charge is -2.11. The van der Waals surface area contributed by atoms with Crippen LogP contribution in [0.2, 0.25) is 0 Å². The van der Waals surface area contributed by atoms with E-state index in [2.05, 4.69) is 14.7 Å². The summed E-state index contributed by atoms with van der Waals surface area (Å²) in [5, 5.41) is 0.871. The van der Waals surface area contributed by atoms with Crippen molar-refractivity contribution in [3.8, 4) is 22.8 Å². The largest absolute Gasteiger partial charge is 0.493 e. The molecule has 26 heavy (non-hydrogen) atoms. The van der Waals surface area contributed by atoms with Gasteiger partial charge in [0.25, 0.3) is 0 Å². The summed E-state index contributed by atoms with van der Waals surface area (Å²) in [5.74, 6) is 1.24. The summed E-state index contributed by atoms with van der Waals surface area (Å²) in [5.41, 5.74) is 3.58. The predicted molar refractivity (Wildman–Crippen MR) is 101 cm³/mol. The van der Waals surface area contributed by atoms with Crippen molar-refractivity contribution in [2.75, 3.05) is 20.8 Å². The highest BCUT2D eigenvalue weighted by atomic mass is 32.2. The van der Waals surface area contributed by atoms with E-state index in [4.69, 9.17) is 14.0 Å². The van der Waals surface area contributed by atoms with Gasteiger partial charge in [-0.2, -0.15) is 0 Å². The minimum atomic E-state index is -1.98. The monoisotopic (exact) mass is 373 g/mol. The average Bonchev–Trinajstić information content (AvgIpc) is 2.66. The van der Waals surface area contributed by atoms with Crippen molar-refractivity contribution in [3.63, 3.8) is 0 Å². The zero-order valence-corrected chi connectivity index (χ0v) is 15.2. The van der Waals surface area contributed by atoms with E-state index in [1.165, 1.54) is 6.33 Å². The third-order valence-corrected chi connectivity index (χ3v) is 4.46. The molecule has 0 bridgehead atoms. The Bertz CT molecular complexity index is 932. The molecule has 1 heterocycles. The van der Waals surface area contributed by atoms with E-state index in [1.807, 2.05) is 36.4 Å². The van der Waals surface area contributed by atoms with Gasteiger partial charge in [0.2, 0.25) is 11.3 Å². The molecule has 1 unspecified atom stereocenters. The number of nitrogens with zero attached hydrogens (tertiary/aromatic N) is 2. The first-order valence-electron chi connectivity index (χ1n) is 7.92. The lowest BCUT2D eigenvalue weighted by atomic mass is 10.0. The van der Waals surface area contributed by atoms with Gasteiger partial charge in [-0.25, -0.2) is 18.9 Å². The van der Waals surface area contributed by atoms with Crippen LogP contribution in [0.1, 0.15) is 5.56 Å². The highest BCUT2D eigenvalue weighted by Crippen LogP contribution is 2.35. The molecule has 0 aliphatic carbocycles. The van der Waals surface area contributed by atoms with Gasteiger partial charge in [0.15, 0.2) is 11.5 Å². The molecule has 0 aliphatic rings. The maximum absolute atomic E-state index is 10.6. The van der Waals surface area contributed by atoms with Gasteiger partial charge in [-0.15, -0.1) is 0 Å². The molecule has 0 saturated carbocycles. The fourth-order valence-electron chi connectivity index (χ4n) is 2.73. The third-order valence-electron chi connectivity index (χ3n) is 4.01. The molecule has 8 heteroatoms. The maximum atomic E-state index is 10.6. The Morgan fingerprint density at radius 3 is 2.42 bits per heavy atom. The Hall–Kier alpha value is -2.55. The number of hydrogen-bond acceptors (Lipinski definition) is 5. The van der Waals surface area contributed by atoms with Gasteiger partial charge in [-0.05, 0) is 18.1 Å². The smallest absolute Gasteiger partial charge is 0.231 e. The standard InChI is InChI=1S/C18H19N3O4S/c1-24-16-9-14-15(10-17(16)25-2)19-11-20-18(14)13-5-3-12(4-6-13)7-8-21-26(22)23/h3-6,9-11,21H,7-8H2,1-2H3,(H,22,23). The van der Waals surface area contributed by atoms with E-state index in [0.717, 1.165) is 27.7 Å². The summed E-state index contributed by atoms with van der Waals surface area (Å²) < 4.78 is 32.5. The second-order valence-corrected chi connectivity index (χ2v) is 6.32. The summed E-state index contributed by atoms with van der Waals surface area (Å²) in [4.78, 5) is 8.75. The van der Waals surface area contributed by atoms with E-state index in [9.17, 15) is 4.21 Å². The van der Waals surface area contributed by atoms with Crippen molar-refractivity contribution in [2.45, 2.75) is 6.42 Å².